The number of Topliss-reactive ketones (excluding diaryl/α,β-unsaturated/α-hetero) is 1. The minimum Gasteiger partial charge on any atom is -0.406 e. The zero-order chi connectivity index (χ0) is 13.2. The van der Waals surface area contributed by atoms with Crippen molar-refractivity contribution < 1.29 is 22.7 Å². The zero-order valence-electron chi connectivity index (χ0n) is 8.58. The minimum atomic E-state index is -4.76. The van der Waals surface area contributed by atoms with Crippen molar-refractivity contribution in [1.82, 2.24) is 0 Å². The van der Waals surface area contributed by atoms with Crippen molar-refractivity contribution in [3.63, 3.8) is 0 Å². The van der Waals surface area contributed by atoms with Gasteiger partial charge in [-0.15, -0.1) is 25.8 Å². The molecule has 1 unspecified atom stereocenters. The highest BCUT2D eigenvalue weighted by atomic mass is 79.9. The lowest BCUT2D eigenvalue weighted by Gasteiger charge is -2.13. The third kappa shape index (κ3) is 4.23. The van der Waals surface area contributed by atoms with Crippen LogP contribution in [0.5, 0.6) is 5.75 Å². The Morgan fingerprint density at radius 1 is 1.47 bits per heavy atom. The first-order valence-corrected chi connectivity index (χ1v) is 5.80. The van der Waals surface area contributed by atoms with Crippen LogP contribution in [0.1, 0.15) is 17.3 Å². The van der Waals surface area contributed by atoms with E-state index in [1.54, 1.807) is 0 Å². The topological polar surface area (TPSA) is 26.3 Å². The van der Waals surface area contributed by atoms with Crippen molar-refractivity contribution in [1.29, 1.82) is 0 Å². The van der Waals surface area contributed by atoms with Crippen LogP contribution in [-0.4, -0.2) is 12.1 Å². The molecule has 1 atom stereocenters. The average molecular weight is 329 g/mol. The number of carbonyl (C=O) groups is 1. The van der Waals surface area contributed by atoms with Gasteiger partial charge in [0, 0.05) is 4.90 Å². The molecule has 7 heteroatoms. The Bertz CT molecular complexity index is 434. The second-order valence-corrected chi connectivity index (χ2v) is 4.64. The molecule has 0 aromatic heterocycles. The van der Waals surface area contributed by atoms with Crippen LogP contribution in [0.2, 0.25) is 0 Å². The van der Waals surface area contributed by atoms with Crippen LogP contribution >= 0.6 is 28.6 Å². The van der Waals surface area contributed by atoms with Crippen LogP contribution in [-0.2, 0) is 4.79 Å². The number of ketones is 1. The summed E-state index contributed by atoms with van der Waals surface area (Å²) in [5.41, 5.74) is 0.336. The fourth-order valence-electron chi connectivity index (χ4n) is 1.15. The summed E-state index contributed by atoms with van der Waals surface area (Å²) in [6, 6.07) is 3.62. The molecule has 0 fully saturated rings. The second-order valence-electron chi connectivity index (χ2n) is 3.24. The number of thiol groups is 1. The molecule has 0 heterocycles. The lowest BCUT2D eigenvalue weighted by atomic mass is 10.1. The lowest BCUT2D eigenvalue weighted by molar-refractivity contribution is -0.274. The van der Waals surface area contributed by atoms with E-state index >= 15 is 0 Å². The van der Waals surface area contributed by atoms with Crippen molar-refractivity contribution >= 4 is 34.3 Å². The van der Waals surface area contributed by atoms with E-state index in [0.29, 0.717) is 10.5 Å². The first kappa shape index (κ1) is 14.4. The van der Waals surface area contributed by atoms with Crippen molar-refractivity contribution in [2.75, 3.05) is 0 Å². The Morgan fingerprint density at radius 3 is 2.53 bits per heavy atom. The maximum Gasteiger partial charge on any atom is 0.573 e. The number of carbonyl (C=O) groups excluding carboxylic acids is 1. The van der Waals surface area contributed by atoms with Crippen molar-refractivity contribution in [2.24, 2.45) is 0 Å². The van der Waals surface area contributed by atoms with E-state index in [-0.39, 0.29) is 11.5 Å². The Morgan fingerprint density at radius 2 is 2.06 bits per heavy atom. The Balaban J connectivity index is 3.06. The van der Waals surface area contributed by atoms with Crippen LogP contribution in [0, 0.1) is 0 Å². The molecular weight excluding hydrogens is 321 g/mol. The molecule has 0 radical (unpaired) electrons. The van der Waals surface area contributed by atoms with Crippen LogP contribution < -0.4 is 4.74 Å². The molecule has 0 aliphatic rings. The summed E-state index contributed by atoms with van der Waals surface area (Å²) < 4.78 is 39.8. The number of hydrogen-bond donors (Lipinski definition) is 1. The first-order valence-electron chi connectivity index (χ1n) is 4.44. The number of ether oxygens (including phenoxy) is 1. The summed E-state index contributed by atoms with van der Waals surface area (Å²) >= 11 is 7.15. The summed E-state index contributed by atoms with van der Waals surface area (Å²) in [7, 11) is 0. The standard InChI is InChI=1S/C10H8BrF3O2S/c1-5(15)9(11)7-4-6(2-3-8(7)17)16-10(12,13)14/h2-4,9,17H,1H3. The van der Waals surface area contributed by atoms with E-state index < -0.39 is 11.2 Å². The highest BCUT2D eigenvalue weighted by Gasteiger charge is 2.31. The van der Waals surface area contributed by atoms with Crippen LogP contribution in [0.4, 0.5) is 13.2 Å². The fourth-order valence-corrected chi connectivity index (χ4v) is 1.98. The quantitative estimate of drug-likeness (QED) is 0.672. The number of alkyl halides is 4. The predicted molar refractivity (Wildman–Crippen MR) is 62.7 cm³/mol. The highest BCUT2D eigenvalue weighted by Crippen LogP contribution is 2.33. The van der Waals surface area contributed by atoms with Gasteiger partial charge in [0.25, 0.3) is 0 Å². The monoisotopic (exact) mass is 328 g/mol. The Hall–Kier alpha value is -0.690. The predicted octanol–water partition coefficient (Wildman–Crippen LogP) is 3.90. The number of rotatable bonds is 3. The average Bonchev–Trinajstić information content (AvgIpc) is 2.17. The van der Waals surface area contributed by atoms with Gasteiger partial charge < -0.3 is 4.74 Å². The molecule has 0 saturated heterocycles. The summed E-state index contributed by atoms with van der Waals surface area (Å²) in [4.78, 5) is 10.9. The molecule has 0 spiro atoms. The zero-order valence-corrected chi connectivity index (χ0v) is 11.1. The summed E-state index contributed by atoms with van der Waals surface area (Å²) in [6.45, 7) is 1.32. The molecular formula is C10H8BrF3O2S. The molecule has 1 aromatic rings. The van der Waals surface area contributed by atoms with E-state index in [0.717, 1.165) is 12.1 Å². The summed E-state index contributed by atoms with van der Waals surface area (Å²) in [6.07, 6.45) is -4.76. The maximum absolute atomic E-state index is 12.0. The molecule has 94 valence electrons. The fraction of sp³-hybridized carbons (Fsp3) is 0.300. The van der Waals surface area contributed by atoms with E-state index in [2.05, 4.69) is 33.3 Å². The Kier molecular flexibility index (Phi) is 4.48. The third-order valence-corrected chi connectivity index (χ3v) is 3.41. The van der Waals surface area contributed by atoms with Gasteiger partial charge in [-0.1, -0.05) is 15.9 Å². The highest BCUT2D eigenvalue weighted by molar-refractivity contribution is 9.09. The molecule has 17 heavy (non-hydrogen) atoms. The number of halogens is 4. The SMILES string of the molecule is CC(=O)C(Br)c1cc(OC(F)(F)F)ccc1S. The van der Waals surface area contributed by atoms with Gasteiger partial charge in [-0.3, -0.25) is 4.79 Å². The maximum atomic E-state index is 12.0. The van der Waals surface area contributed by atoms with Gasteiger partial charge in [-0.25, -0.2) is 0 Å². The Labute approximate surface area is 110 Å². The molecule has 0 aliphatic carbocycles. The van der Waals surface area contributed by atoms with Gasteiger partial charge in [0.15, 0.2) is 0 Å². The molecule has 2 nitrogen and oxygen atoms in total. The number of hydrogen-bond acceptors (Lipinski definition) is 3. The van der Waals surface area contributed by atoms with Crippen molar-refractivity contribution in [3.8, 4) is 5.75 Å². The van der Waals surface area contributed by atoms with Crippen molar-refractivity contribution in [3.05, 3.63) is 23.8 Å². The second kappa shape index (κ2) is 5.30. The summed E-state index contributed by atoms with van der Waals surface area (Å²) in [5, 5.41) is 0. The van der Waals surface area contributed by atoms with Gasteiger partial charge in [-0.2, -0.15) is 0 Å². The van der Waals surface area contributed by atoms with E-state index in [1.165, 1.54) is 13.0 Å². The molecule has 0 bridgehead atoms. The van der Waals surface area contributed by atoms with E-state index in [9.17, 15) is 18.0 Å². The van der Waals surface area contributed by atoms with E-state index in [4.69, 9.17) is 0 Å². The smallest absolute Gasteiger partial charge is 0.406 e. The molecule has 0 aliphatic heterocycles. The van der Waals surface area contributed by atoms with Crippen LogP contribution in [0.15, 0.2) is 23.1 Å². The largest absolute Gasteiger partial charge is 0.573 e. The molecule has 0 amide bonds. The van der Waals surface area contributed by atoms with Crippen LogP contribution in [0.3, 0.4) is 0 Å². The van der Waals surface area contributed by atoms with E-state index in [1.807, 2.05) is 0 Å². The van der Waals surface area contributed by atoms with Gasteiger partial charge in [-0.05, 0) is 30.7 Å². The van der Waals surface area contributed by atoms with Crippen molar-refractivity contribution in [2.45, 2.75) is 23.0 Å². The summed E-state index contributed by atoms with van der Waals surface area (Å²) in [5.74, 6) is -0.611. The van der Waals surface area contributed by atoms with Gasteiger partial charge in [0.2, 0.25) is 0 Å². The third-order valence-electron chi connectivity index (χ3n) is 1.86. The number of benzene rings is 1. The normalized spacial score (nSPS) is 13.3. The molecule has 0 N–H and O–H groups in total. The minimum absolute atomic E-state index is 0.232. The molecule has 0 saturated carbocycles. The first-order chi connectivity index (χ1) is 7.70. The molecule has 1 aromatic carbocycles. The van der Waals surface area contributed by atoms with Gasteiger partial charge in [0.05, 0.1) is 4.83 Å². The lowest BCUT2D eigenvalue weighted by Crippen LogP contribution is -2.17. The van der Waals surface area contributed by atoms with Gasteiger partial charge in [0.1, 0.15) is 11.5 Å². The van der Waals surface area contributed by atoms with Gasteiger partial charge >= 0.3 is 6.36 Å². The van der Waals surface area contributed by atoms with Crippen LogP contribution in [0.25, 0.3) is 0 Å². The molecule has 1 rings (SSSR count).